The van der Waals surface area contributed by atoms with E-state index in [1.165, 1.54) is 23.3 Å². The maximum absolute atomic E-state index is 12.2. The monoisotopic (exact) mass is 328 g/mol. The molecule has 4 rings (SSSR count). The van der Waals surface area contributed by atoms with Crippen molar-refractivity contribution in [2.24, 2.45) is 0 Å². The summed E-state index contributed by atoms with van der Waals surface area (Å²) in [6.45, 7) is 1.08. The third-order valence-corrected chi connectivity index (χ3v) is 4.68. The van der Waals surface area contributed by atoms with E-state index in [1.54, 1.807) is 0 Å². The average Bonchev–Trinajstić information content (AvgIpc) is 2.97. The lowest BCUT2D eigenvalue weighted by molar-refractivity contribution is -0.139. The first kappa shape index (κ1) is 15.1. The maximum atomic E-state index is 12.2. The van der Waals surface area contributed by atoms with Crippen molar-refractivity contribution >= 4 is 22.8 Å². The van der Waals surface area contributed by atoms with E-state index in [9.17, 15) is 9.59 Å². The second-order valence-electron chi connectivity index (χ2n) is 6.32. The van der Waals surface area contributed by atoms with Gasteiger partial charge in [-0.05, 0) is 37.5 Å². The highest BCUT2D eigenvalue weighted by Gasteiger charge is 2.22. The van der Waals surface area contributed by atoms with Crippen LogP contribution >= 0.6 is 0 Å². The summed E-state index contributed by atoms with van der Waals surface area (Å²) in [5, 5.41) is 3.79. The first-order chi connectivity index (χ1) is 11.7. The molecule has 2 aliphatic rings. The molecule has 6 heteroatoms. The first-order valence-electron chi connectivity index (χ1n) is 8.42. The normalized spacial score (nSPS) is 17.5. The summed E-state index contributed by atoms with van der Waals surface area (Å²) in [6, 6.07) is 5.69. The Morgan fingerprint density at radius 2 is 2.17 bits per heavy atom. The number of ether oxygens (including phenoxy) is 1. The van der Waals surface area contributed by atoms with Gasteiger partial charge in [0.1, 0.15) is 17.1 Å². The van der Waals surface area contributed by atoms with E-state index in [1.807, 2.05) is 18.2 Å². The van der Waals surface area contributed by atoms with Gasteiger partial charge in [-0.3, -0.25) is 9.59 Å². The Hall–Kier alpha value is -2.50. The SMILES string of the molecule is O=C1CN(C(=O)COc2ccc3oc4c(c3c2)CCCC4)CCN1. The molecule has 2 aromatic rings. The number of nitrogens with zero attached hydrogens (tertiary/aromatic N) is 1. The van der Waals surface area contributed by atoms with Gasteiger partial charge in [0.2, 0.25) is 5.91 Å². The predicted molar refractivity (Wildman–Crippen MR) is 87.9 cm³/mol. The zero-order valence-corrected chi connectivity index (χ0v) is 13.5. The van der Waals surface area contributed by atoms with Gasteiger partial charge >= 0.3 is 0 Å². The van der Waals surface area contributed by atoms with Gasteiger partial charge in [0, 0.05) is 30.5 Å². The highest BCUT2D eigenvalue weighted by Crippen LogP contribution is 2.33. The molecule has 1 fully saturated rings. The molecule has 0 atom stereocenters. The molecule has 1 N–H and O–H groups in total. The number of aryl methyl sites for hydroxylation is 2. The van der Waals surface area contributed by atoms with Crippen molar-refractivity contribution in [3.05, 3.63) is 29.5 Å². The zero-order valence-electron chi connectivity index (χ0n) is 13.5. The molecule has 0 unspecified atom stereocenters. The summed E-state index contributed by atoms with van der Waals surface area (Å²) in [7, 11) is 0. The van der Waals surface area contributed by atoms with E-state index in [0.717, 1.165) is 29.6 Å². The molecule has 24 heavy (non-hydrogen) atoms. The van der Waals surface area contributed by atoms with Crippen LogP contribution in [0, 0.1) is 0 Å². The molecule has 2 heterocycles. The standard InChI is InChI=1S/C18H20N2O4/c21-17-10-20(8-7-19-17)18(22)11-23-12-5-6-16-14(9-12)13-3-1-2-4-15(13)24-16/h5-6,9H,1-4,7-8,10-11H2,(H,19,21). The minimum absolute atomic E-state index is 0.0567. The Labute approximate surface area is 139 Å². The van der Waals surface area contributed by atoms with Crippen LogP contribution in [0.2, 0.25) is 0 Å². The highest BCUT2D eigenvalue weighted by atomic mass is 16.5. The Morgan fingerprint density at radius 3 is 3.04 bits per heavy atom. The number of piperazine rings is 1. The number of nitrogens with one attached hydrogen (secondary N) is 1. The minimum Gasteiger partial charge on any atom is -0.484 e. The average molecular weight is 328 g/mol. The largest absolute Gasteiger partial charge is 0.484 e. The lowest BCUT2D eigenvalue weighted by Gasteiger charge is -2.26. The summed E-state index contributed by atoms with van der Waals surface area (Å²) in [6.07, 6.45) is 4.39. The molecule has 1 aromatic heterocycles. The van der Waals surface area contributed by atoms with E-state index in [4.69, 9.17) is 9.15 Å². The van der Waals surface area contributed by atoms with Gasteiger partial charge < -0.3 is 19.4 Å². The zero-order chi connectivity index (χ0) is 16.5. The van der Waals surface area contributed by atoms with E-state index in [2.05, 4.69) is 5.32 Å². The van der Waals surface area contributed by atoms with E-state index >= 15 is 0 Å². The maximum Gasteiger partial charge on any atom is 0.261 e. The fourth-order valence-electron chi connectivity index (χ4n) is 3.42. The summed E-state index contributed by atoms with van der Waals surface area (Å²) in [5.41, 5.74) is 2.16. The molecule has 0 saturated carbocycles. The van der Waals surface area contributed by atoms with Crippen LogP contribution in [0.5, 0.6) is 5.75 Å². The van der Waals surface area contributed by atoms with Crippen molar-refractivity contribution in [1.29, 1.82) is 0 Å². The molecule has 0 radical (unpaired) electrons. The molecule has 0 spiro atoms. The van der Waals surface area contributed by atoms with Crippen molar-refractivity contribution in [2.75, 3.05) is 26.2 Å². The Morgan fingerprint density at radius 1 is 1.29 bits per heavy atom. The highest BCUT2D eigenvalue weighted by molar-refractivity contribution is 5.87. The summed E-state index contributed by atoms with van der Waals surface area (Å²) < 4.78 is 11.6. The van der Waals surface area contributed by atoms with Crippen molar-refractivity contribution in [3.8, 4) is 5.75 Å². The second-order valence-corrected chi connectivity index (χ2v) is 6.32. The van der Waals surface area contributed by atoms with Gasteiger partial charge in [-0.15, -0.1) is 0 Å². The minimum atomic E-state index is -0.167. The molecule has 1 aromatic carbocycles. The number of hydrogen-bond donors (Lipinski definition) is 1. The Balaban J connectivity index is 1.46. The van der Waals surface area contributed by atoms with Gasteiger partial charge in [0.25, 0.3) is 5.91 Å². The van der Waals surface area contributed by atoms with Crippen LogP contribution in [0.4, 0.5) is 0 Å². The third kappa shape index (κ3) is 2.84. The molecule has 1 aliphatic carbocycles. The van der Waals surface area contributed by atoms with E-state index in [0.29, 0.717) is 18.8 Å². The van der Waals surface area contributed by atoms with Crippen LogP contribution in [0.1, 0.15) is 24.2 Å². The molecule has 126 valence electrons. The fraction of sp³-hybridized carbons (Fsp3) is 0.444. The molecule has 2 amide bonds. The van der Waals surface area contributed by atoms with Crippen LogP contribution < -0.4 is 10.1 Å². The van der Waals surface area contributed by atoms with Gasteiger partial charge in [0.05, 0.1) is 6.54 Å². The first-order valence-corrected chi connectivity index (χ1v) is 8.42. The van der Waals surface area contributed by atoms with E-state index < -0.39 is 0 Å². The van der Waals surface area contributed by atoms with Gasteiger partial charge in [-0.1, -0.05) is 0 Å². The number of amides is 2. The Kier molecular flexibility index (Phi) is 3.88. The number of fused-ring (bicyclic) bond motifs is 3. The van der Waals surface area contributed by atoms with Crippen molar-refractivity contribution < 1.29 is 18.7 Å². The molecular weight excluding hydrogens is 308 g/mol. The Bertz CT molecular complexity index is 796. The van der Waals surface area contributed by atoms with E-state index in [-0.39, 0.29) is 25.0 Å². The van der Waals surface area contributed by atoms with Crippen molar-refractivity contribution in [2.45, 2.75) is 25.7 Å². The van der Waals surface area contributed by atoms with Gasteiger partial charge in [0.15, 0.2) is 6.61 Å². The summed E-state index contributed by atoms with van der Waals surface area (Å²) in [5.74, 6) is 1.45. The number of furan rings is 1. The molecule has 1 saturated heterocycles. The molecular formula is C18H20N2O4. The van der Waals surface area contributed by atoms with Gasteiger partial charge in [-0.2, -0.15) is 0 Å². The number of carbonyl (C=O) groups is 2. The lowest BCUT2D eigenvalue weighted by Crippen LogP contribution is -2.51. The quantitative estimate of drug-likeness (QED) is 0.930. The summed E-state index contributed by atoms with van der Waals surface area (Å²) in [4.78, 5) is 25.0. The van der Waals surface area contributed by atoms with Crippen LogP contribution in [0.3, 0.4) is 0 Å². The number of carbonyl (C=O) groups excluding carboxylic acids is 2. The molecule has 6 nitrogen and oxygen atoms in total. The van der Waals surface area contributed by atoms with Crippen LogP contribution in [0.15, 0.2) is 22.6 Å². The van der Waals surface area contributed by atoms with Crippen molar-refractivity contribution in [1.82, 2.24) is 10.2 Å². The van der Waals surface area contributed by atoms with Crippen molar-refractivity contribution in [3.63, 3.8) is 0 Å². The van der Waals surface area contributed by atoms with Gasteiger partial charge in [-0.25, -0.2) is 0 Å². The predicted octanol–water partition coefficient (Wildman–Crippen LogP) is 1.65. The van der Waals surface area contributed by atoms with Crippen LogP contribution in [0.25, 0.3) is 11.0 Å². The fourth-order valence-corrected chi connectivity index (χ4v) is 3.42. The smallest absolute Gasteiger partial charge is 0.261 e. The number of rotatable bonds is 3. The van der Waals surface area contributed by atoms with Crippen LogP contribution in [-0.4, -0.2) is 43.0 Å². The third-order valence-electron chi connectivity index (χ3n) is 4.68. The summed E-state index contributed by atoms with van der Waals surface area (Å²) >= 11 is 0. The topological polar surface area (TPSA) is 71.8 Å². The number of benzene rings is 1. The molecule has 0 bridgehead atoms. The molecule has 1 aliphatic heterocycles. The number of hydrogen-bond acceptors (Lipinski definition) is 4. The lowest BCUT2D eigenvalue weighted by atomic mass is 9.96. The van der Waals surface area contributed by atoms with Crippen LogP contribution in [-0.2, 0) is 22.4 Å². The second kappa shape index (κ2) is 6.19.